The third kappa shape index (κ3) is 4.23. The van der Waals surface area contributed by atoms with Gasteiger partial charge in [-0.3, -0.25) is 4.79 Å². The van der Waals surface area contributed by atoms with Crippen LogP contribution in [0.2, 0.25) is 5.02 Å². The molecule has 1 aliphatic rings. The van der Waals surface area contributed by atoms with E-state index in [9.17, 15) is 9.90 Å². The molecule has 0 amide bonds. The molecule has 0 bridgehead atoms. The van der Waals surface area contributed by atoms with Gasteiger partial charge >= 0.3 is 5.97 Å². The molecular formula is C30H24ClN3O3. The van der Waals surface area contributed by atoms with Crippen LogP contribution in [0.3, 0.4) is 0 Å². The number of halogens is 1. The number of furan rings is 1. The predicted molar refractivity (Wildman–Crippen MR) is 145 cm³/mol. The molecule has 0 aliphatic heterocycles. The van der Waals surface area contributed by atoms with Gasteiger partial charge in [0, 0.05) is 16.8 Å². The van der Waals surface area contributed by atoms with E-state index in [2.05, 4.69) is 10.3 Å². The van der Waals surface area contributed by atoms with E-state index in [4.69, 9.17) is 21.0 Å². The van der Waals surface area contributed by atoms with Crippen molar-refractivity contribution >= 4 is 34.4 Å². The van der Waals surface area contributed by atoms with Gasteiger partial charge in [-0.2, -0.15) is 0 Å². The van der Waals surface area contributed by atoms with E-state index >= 15 is 0 Å². The Morgan fingerprint density at radius 3 is 2.30 bits per heavy atom. The molecule has 184 valence electrons. The molecule has 0 radical (unpaired) electrons. The van der Waals surface area contributed by atoms with Crippen LogP contribution in [0.5, 0.6) is 0 Å². The minimum atomic E-state index is -0.740. The van der Waals surface area contributed by atoms with E-state index in [1.54, 1.807) is 12.5 Å². The normalized spacial score (nSPS) is 14.9. The van der Waals surface area contributed by atoms with Gasteiger partial charge in [-0.25, -0.2) is 9.97 Å². The second-order valence-electron chi connectivity index (χ2n) is 9.49. The average Bonchev–Trinajstić information content (AvgIpc) is 3.63. The summed E-state index contributed by atoms with van der Waals surface area (Å²) < 4.78 is 5.89. The summed E-state index contributed by atoms with van der Waals surface area (Å²) in [6.45, 7) is 2.02. The van der Waals surface area contributed by atoms with E-state index < -0.39 is 11.4 Å². The number of nitrogens with zero attached hydrogens (tertiary/aromatic N) is 2. The lowest BCUT2D eigenvalue weighted by molar-refractivity contribution is -0.140. The Kier molecular flexibility index (Phi) is 5.69. The molecule has 3 aromatic carbocycles. The summed E-state index contributed by atoms with van der Waals surface area (Å²) in [5, 5.41) is 14.4. The van der Waals surface area contributed by atoms with Crippen LogP contribution in [0.25, 0.3) is 33.4 Å². The van der Waals surface area contributed by atoms with Crippen molar-refractivity contribution in [1.82, 2.24) is 9.97 Å². The lowest BCUT2D eigenvalue weighted by Gasteiger charge is -2.15. The number of carboxylic acid groups (broad SMARTS) is 1. The lowest BCUT2D eigenvalue weighted by Crippen LogP contribution is -2.19. The predicted octanol–water partition coefficient (Wildman–Crippen LogP) is 7.50. The maximum Gasteiger partial charge on any atom is 0.314 e. The maximum absolute atomic E-state index is 11.6. The fourth-order valence-electron chi connectivity index (χ4n) is 4.76. The van der Waals surface area contributed by atoms with Crippen molar-refractivity contribution in [3.05, 3.63) is 101 Å². The van der Waals surface area contributed by atoms with Crippen LogP contribution >= 0.6 is 11.6 Å². The number of nitrogens with one attached hydrogen (secondary N) is 1. The lowest BCUT2D eigenvalue weighted by atomic mass is 9.93. The molecule has 2 aromatic heterocycles. The van der Waals surface area contributed by atoms with Crippen molar-refractivity contribution in [2.24, 2.45) is 0 Å². The van der Waals surface area contributed by atoms with E-state index in [1.807, 2.05) is 79.7 Å². The van der Waals surface area contributed by atoms with Crippen LogP contribution in [-0.4, -0.2) is 21.0 Å². The molecule has 7 heteroatoms. The van der Waals surface area contributed by atoms with Crippen LogP contribution in [0.1, 0.15) is 36.9 Å². The first-order valence-electron chi connectivity index (χ1n) is 12.1. The number of fused-ring (bicyclic) bond motifs is 1. The van der Waals surface area contributed by atoms with Gasteiger partial charge in [-0.1, -0.05) is 78.3 Å². The summed E-state index contributed by atoms with van der Waals surface area (Å²) in [5.74, 6) is 0.426. The van der Waals surface area contributed by atoms with Gasteiger partial charge in [-0.15, -0.1) is 0 Å². The molecule has 5 aromatic rings. The van der Waals surface area contributed by atoms with E-state index in [-0.39, 0.29) is 6.04 Å². The number of carbonyl (C=O) groups is 1. The Morgan fingerprint density at radius 1 is 1.00 bits per heavy atom. The van der Waals surface area contributed by atoms with Crippen molar-refractivity contribution in [3.63, 3.8) is 0 Å². The van der Waals surface area contributed by atoms with Crippen molar-refractivity contribution in [1.29, 1.82) is 0 Å². The van der Waals surface area contributed by atoms with E-state index in [0.717, 1.165) is 38.7 Å². The number of rotatable bonds is 7. The molecule has 1 aliphatic carbocycles. The summed E-state index contributed by atoms with van der Waals surface area (Å²) in [6.07, 6.45) is 4.81. The zero-order valence-electron chi connectivity index (χ0n) is 20.1. The quantitative estimate of drug-likeness (QED) is 0.236. The number of benzene rings is 3. The number of hydrogen-bond donors (Lipinski definition) is 2. The Balaban J connectivity index is 1.24. The van der Waals surface area contributed by atoms with Crippen LogP contribution < -0.4 is 5.32 Å². The zero-order chi connectivity index (χ0) is 25.6. The van der Waals surface area contributed by atoms with Crippen LogP contribution in [0, 0.1) is 0 Å². The number of hydrogen-bond acceptors (Lipinski definition) is 5. The van der Waals surface area contributed by atoms with Crippen molar-refractivity contribution in [3.8, 4) is 22.5 Å². The van der Waals surface area contributed by atoms with Crippen molar-refractivity contribution in [2.75, 3.05) is 5.32 Å². The third-order valence-corrected chi connectivity index (χ3v) is 7.47. The second kappa shape index (κ2) is 9.05. The monoisotopic (exact) mass is 509 g/mol. The molecule has 1 atom stereocenters. The third-order valence-electron chi connectivity index (χ3n) is 7.13. The Morgan fingerprint density at radius 2 is 1.65 bits per heavy atom. The number of aromatic nitrogens is 2. The van der Waals surface area contributed by atoms with Crippen molar-refractivity contribution < 1.29 is 14.3 Å². The zero-order valence-corrected chi connectivity index (χ0v) is 20.9. The first kappa shape index (κ1) is 23.3. The standard InChI is InChI=1S/C30H24ClN3O3/c1-18(24-4-2-3-5-25(24)31)33-29-32-16-22-17-37-27(26(22)34-29)21-8-6-19(7-9-21)20-10-12-23(13-11-20)30(14-15-30)28(35)36/h2-13,16-18H,14-15H2,1H3,(H,33,34)(H,35,36)/t18-/m1/s1. The highest BCUT2D eigenvalue weighted by atomic mass is 35.5. The fraction of sp³-hybridized carbons (Fsp3) is 0.167. The molecule has 6 rings (SSSR count). The molecule has 2 N–H and O–H groups in total. The number of carboxylic acids is 1. The molecule has 0 unspecified atom stereocenters. The molecule has 1 saturated carbocycles. The molecule has 2 heterocycles. The highest BCUT2D eigenvalue weighted by Gasteiger charge is 2.51. The number of anilines is 1. The first-order chi connectivity index (χ1) is 17.9. The van der Waals surface area contributed by atoms with Gasteiger partial charge in [0.25, 0.3) is 0 Å². The van der Waals surface area contributed by atoms with Gasteiger partial charge in [0.2, 0.25) is 5.95 Å². The van der Waals surface area contributed by atoms with Gasteiger partial charge in [0.1, 0.15) is 11.8 Å². The minimum Gasteiger partial charge on any atom is -0.481 e. The Labute approximate surface area is 219 Å². The second-order valence-corrected chi connectivity index (χ2v) is 9.90. The largest absolute Gasteiger partial charge is 0.481 e. The maximum atomic E-state index is 11.6. The van der Waals surface area contributed by atoms with Gasteiger partial charge in [0.15, 0.2) is 5.76 Å². The summed E-state index contributed by atoms with van der Waals surface area (Å²) in [5.41, 5.74) is 4.85. The molecular weight excluding hydrogens is 486 g/mol. The molecule has 1 fully saturated rings. The molecule has 0 spiro atoms. The smallest absolute Gasteiger partial charge is 0.314 e. The highest BCUT2D eigenvalue weighted by molar-refractivity contribution is 6.31. The van der Waals surface area contributed by atoms with Crippen LogP contribution in [-0.2, 0) is 10.2 Å². The topological polar surface area (TPSA) is 88.2 Å². The summed E-state index contributed by atoms with van der Waals surface area (Å²) in [7, 11) is 0. The minimum absolute atomic E-state index is 0.0718. The SMILES string of the molecule is C[C@@H](Nc1ncc2coc(-c3ccc(-c4ccc(C5(C(=O)O)CC5)cc4)cc3)c2n1)c1ccccc1Cl. The van der Waals surface area contributed by atoms with E-state index in [1.165, 1.54) is 0 Å². The summed E-state index contributed by atoms with van der Waals surface area (Å²) >= 11 is 6.35. The van der Waals surface area contributed by atoms with E-state index in [0.29, 0.717) is 29.6 Å². The first-order valence-corrected chi connectivity index (χ1v) is 12.5. The van der Waals surface area contributed by atoms with Crippen LogP contribution in [0.15, 0.2) is 89.7 Å². The van der Waals surface area contributed by atoms with Crippen molar-refractivity contribution in [2.45, 2.75) is 31.2 Å². The molecule has 6 nitrogen and oxygen atoms in total. The number of aliphatic carboxylic acids is 1. The average molecular weight is 510 g/mol. The highest BCUT2D eigenvalue weighted by Crippen LogP contribution is 2.48. The fourth-order valence-corrected chi connectivity index (χ4v) is 5.06. The Bertz CT molecular complexity index is 1610. The summed E-state index contributed by atoms with van der Waals surface area (Å²) in [4.78, 5) is 20.8. The van der Waals surface area contributed by atoms with Gasteiger partial charge in [-0.05, 0) is 48.1 Å². The molecule has 37 heavy (non-hydrogen) atoms. The summed E-state index contributed by atoms with van der Waals surface area (Å²) in [6, 6.07) is 23.5. The molecule has 0 saturated heterocycles. The van der Waals surface area contributed by atoms with Gasteiger partial charge < -0.3 is 14.8 Å². The van der Waals surface area contributed by atoms with Crippen LogP contribution in [0.4, 0.5) is 5.95 Å². The Hall–Kier alpha value is -4.16. The van der Waals surface area contributed by atoms with Gasteiger partial charge in [0.05, 0.1) is 16.8 Å².